The summed E-state index contributed by atoms with van der Waals surface area (Å²) < 4.78 is 10.2. The van der Waals surface area contributed by atoms with E-state index in [0.29, 0.717) is 18.8 Å². The number of hydrogen-bond acceptors (Lipinski definition) is 4. The van der Waals surface area contributed by atoms with Crippen LogP contribution in [0.5, 0.6) is 5.75 Å². The molecular weight excluding hydrogens is 294 g/mol. The maximum absolute atomic E-state index is 12.3. The lowest BCUT2D eigenvalue weighted by atomic mass is 10.1. The second-order valence-electron chi connectivity index (χ2n) is 4.77. The average Bonchev–Trinajstić information content (AvgIpc) is 2.56. The summed E-state index contributed by atoms with van der Waals surface area (Å²) in [5.41, 5.74) is 0. The molecule has 1 heterocycles. The quantitative estimate of drug-likeness (QED) is 0.617. The van der Waals surface area contributed by atoms with Crippen LogP contribution in [0.25, 0.3) is 0 Å². The lowest BCUT2D eigenvalue weighted by Crippen LogP contribution is -2.37. The third-order valence-corrected chi connectivity index (χ3v) is 3.13. The molecule has 0 radical (unpaired) electrons. The van der Waals surface area contributed by atoms with Gasteiger partial charge < -0.3 is 9.47 Å². The highest BCUT2D eigenvalue weighted by atomic mass is 16.6. The number of nitrogens with zero attached hydrogens (tertiary/aromatic N) is 1. The SMILES string of the molecule is CCOC(=O)/C=C/CC1C=CC=CN1C(=O)Oc1ccccc1. The molecule has 1 amide bonds. The molecule has 1 aliphatic heterocycles. The fourth-order valence-corrected chi connectivity index (χ4v) is 2.06. The van der Waals surface area contributed by atoms with Gasteiger partial charge in [0.1, 0.15) is 5.75 Å². The summed E-state index contributed by atoms with van der Waals surface area (Å²) in [4.78, 5) is 25.1. The number of allylic oxidation sites excluding steroid dienone is 2. The molecule has 1 atom stereocenters. The highest BCUT2D eigenvalue weighted by Crippen LogP contribution is 2.17. The van der Waals surface area contributed by atoms with E-state index in [1.807, 2.05) is 18.2 Å². The summed E-state index contributed by atoms with van der Waals surface area (Å²) in [6.45, 7) is 2.09. The highest BCUT2D eigenvalue weighted by Gasteiger charge is 2.22. The first-order valence-electron chi connectivity index (χ1n) is 7.44. The highest BCUT2D eigenvalue weighted by molar-refractivity contribution is 5.81. The van der Waals surface area contributed by atoms with Crippen molar-refractivity contribution >= 4 is 12.1 Å². The van der Waals surface area contributed by atoms with Crippen LogP contribution in [0, 0.1) is 0 Å². The van der Waals surface area contributed by atoms with Crippen LogP contribution >= 0.6 is 0 Å². The number of carbonyl (C=O) groups excluding carboxylic acids is 2. The largest absolute Gasteiger partial charge is 0.463 e. The van der Waals surface area contributed by atoms with Gasteiger partial charge >= 0.3 is 12.1 Å². The average molecular weight is 313 g/mol. The van der Waals surface area contributed by atoms with E-state index in [2.05, 4.69) is 0 Å². The van der Waals surface area contributed by atoms with Crippen LogP contribution in [0.4, 0.5) is 4.79 Å². The number of benzene rings is 1. The standard InChI is InChI=1S/C18H19NO4/c1-2-22-17(20)13-8-10-15-9-6-7-14-19(15)18(21)23-16-11-4-3-5-12-16/h3-9,11-15H,2,10H2,1H3/b13-8+. The van der Waals surface area contributed by atoms with Crippen molar-refractivity contribution in [2.75, 3.05) is 6.61 Å². The van der Waals surface area contributed by atoms with Gasteiger partial charge in [-0.1, -0.05) is 36.4 Å². The van der Waals surface area contributed by atoms with Crippen LogP contribution in [0.15, 0.2) is 66.9 Å². The molecule has 120 valence electrons. The molecule has 0 N–H and O–H groups in total. The number of carbonyl (C=O) groups is 2. The van der Waals surface area contributed by atoms with Gasteiger partial charge in [0, 0.05) is 12.3 Å². The Morgan fingerprint density at radius 1 is 1.22 bits per heavy atom. The number of para-hydroxylation sites is 1. The van der Waals surface area contributed by atoms with Crippen LogP contribution in [0.1, 0.15) is 13.3 Å². The normalized spacial score (nSPS) is 16.6. The van der Waals surface area contributed by atoms with Gasteiger partial charge in [-0.05, 0) is 31.6 Å². The Hall–Kier alpha value is -2.82. The third kappa shape index (κ3) is 5.14. The van der Waals surface area contributed by atoms with Crippen molar-refractivity contribution in [2.45, 2.75) is 19.4 Å². The minimum Gasteiger partial charge on any atom is -0.463 e. The van der Waals surface area contributed by atoms with E-state index in [1.165, 1.54) is 11.0 Å². The molecule has 0 saturated carbocycles. The van der Waals surface area contributed by atoms with Gasteiger partial charge in [0.2, 0.25) is 0 Å². The Morgan fingerprint density at radius 2 is 2.00 bits per heavy atom. The third-order valence-electron chi connectivity index (χ3n) is 3.13. The van der Waals surface area contributed by atoms with Crippen LogP contribution in [0.2, 0.25) is 0 Å². The molecule has 5 heteroatoms. The number of hydrogen-bond donors (Lipinski definition) is 0. The summed E-state index contributed by atoms with van der Waals surface area (Å²) in [5, 5.41) is 0. The Labute approximate surface area is 135 Å². The van der Waals surface area contributed by atoms with Gasteiger partial charge in [0.05, 0.1) is 12.6 Å². The van der Waals surface area contributed by atoms with E-state index in [-0.39, 0.29) is 12.0 Å². The van der Waals surface area contributed by atoms with Gasteiger partial charge in [-0.25, -0.2) is 9.59 Å². The minimum atomic E-state index is -0.466. The van der Waals surface area contributed by atoms with Crippen molar-refractivity contribution in [3.63, 3.8) is 0 Å². The van der Waals surface area contributed by atoms with Crippen LogP contribution < -0.4 is 4.74 Å². The number of amides is 1. The van der Waals surface area contributed by atoms with Gasteiger partial charge in [0.15, 0.2) is 0 Å². The second-order valence-corrected chi connectivity index (χ2v) is 4.77. The molecule has 23 heavy (non-hydrogen) atoms. The fourth-order valence-electron chi connectivity index (χ4n) is 2.06. The van der Waals surface area contributed by atoms with Crippen molar-refractivity contribution in [3.8, 4) is 5.75 Å². The molecule has 1 aromatic rings. The summed E-state index contributed by atoms with van der Waals surface area (Å²) in [7, 11) is 0. The molecule has 0 saturated heterocycles. The zero-order chi connectivity index (χ0) is 16.5. The van der Waals surface area contributed by atoms with E-state index < -0.39 is 6.09 Å². The summed E-state index contributed by atoms with van der Waals surface area (Å²) in [6.07, 6.45) is 10.2. The number of esters is 1. The van der Waals surface area contributed by atoms with E-state index in [0.717, 1.165) is 0 Å². The zero-order valence-electron chi connectivity index (χ0n) is 12.9. The molecule has 2 rings (SSSR count). The predicted octanol–water partition coefficient (Wildman–Crippen LogP) is 3.45. The molecule has 0 aliphatic carbocycles. The first-order valence-corrected chi connectivity index (χ1v) is 7.44. The minimum absolute atomic E-state index is 0.207. The molecule has 0 bridgehead atoms. The Balaban J connectivity index is 1.96. The van der Waals surface area contributed by atoms with Crippen molar-refractivity contribution < 1.29 is 19.1 Å². The molecule has 1 aromatic carbocycles. The lowest BCUT2D eigenvalue weighted by Gasteiger charge is -2.26. The van der Waals surface area contributed by atoms with E-state index in [1.54, 1.807) is 49.5 Å². The lowest BCUT2D eigenvalue weighted by molar-refractivity contribution is -0.137. The molecule has 0 spiro atoms. The molecule has 0 fully saturated rings. The fraction of sp³-hybridized carbons (Fsp3) is 0.222. The molecular formula is C18H19NO4. The van der Waals surface area contributed by atoms with Gasteiger partial charge in [-0.3, -0.25) is 4.90 Å². The molecule has 5 nitrogen and oxygen atoms in total. The number of rotatable bonds is 5. The summed E-state index contributed by atoms with van der Waals surface area (Å²) in [5.74, 6) is 0.0995. The predicted molar refractivity (Wildman–Crippen MR) is 86.8 cm³/mol. The Morgan fingerprint density at radius 3 is 2.74 bits per heavy atom. The van der Waals surface area contributed by atoms with Crippen molar-refractivity contribution in [1.82, 2.24) is 4.90 Å². The van der Waals surface area contributed by atoms with Gasteiger partial charge in [-0.2, -0.15) is 0 Å². The molecule has 1 unspecified atom stereocenters. The van der Waals surface area contributed by atoms with Gasteiger partial charge in [-0.15, -0.1) is 0 Å². The van der Waals surface area contributed by atoms with Crippen LogP contribution in [0.3, 0.4) is 0 Å². The maximum atomic E-state index is 12.3. The number of ether oxygens (including phenoxy) is 2. The Bertz CT molecular complexity index is 619. The molecule has 1 aliphatic rings. The van der Waals surface area contributed by atoms with E-state index >= 15 is 0 Å². The van der Waals surface area contributed by atoms with E-state index in [4.69, 9.17) is 9.47 Å². The second kappa shape index (κ2) is 8.58. The topological polar surface area (TPSA) is 55.8 Å². The molecule has 0 aromatic heterocycles. The van der Waals surface area contributed by atoms with Gasteiger partial charge in [0.25, 0.3) is 0 Å². The smallest absolute Gasteiger partial charge is 0.419 e. The van der Waals surface area contributed by atoms with Crippen molar-refractivity contribution in [3.05, 3.63) is 66.9 Å². The van der Waals surface area contributed by atoms with Crippen molar-refractivity contribution in [1.29, 1.82) is 0 Å². The Kier molecular flexibility index (Phi) is 6.17. The first-order chi connectivity index (χ1) is 11.2. The summed E-state index contributed by atoms with van der Waals surface area (Å²) in [6, 6.07) is 8.68. The van der Waals surface area contributed by atoms with Crippen LogP contribution in [-0.2, 0) is 9.53 Å². The maximum Gasteiger partial charge on any atom is 0.419 e. The first kappa shape index (κ1) is 16.5. The monoisotopic (exact) mass is 313 g/mol. The van der Waals surface area contributed by atoms with Crippen LogP contribution in [-0.4, -0.2) is 29.6 Å². The zero-order valence-corrected chi connectivity index (χ0v) is 12.9. The van der Waals surface area contributed by atoms with Crippen molar-refractivity contribution in [2.24, 2.45) is 0 Å². The summed E-state index contributed by atoms with van der Waals surface area (Å²) >= 11 is 0. The van der Waals surface area contributed by atoms with E-state index in [9.17, 15) is 9.59 Å².